The molecule has 1 heterocycles. The third-order valence-electron chi connectivity index (χ3n) is 7.28. The topological polar surface area (TPSA) is 6.48 Å². The van der Waals surface area contributed by atoms with Crippen LogP contribution in [0.4, 0.5) is 0 Å². The molecule has 0 aromatic carbocycles. The van der Waals surface area contributed by atoms with Crippen molar-refractivity contribution in [2.45, 2.75) is 168 Å². The smallest absolute Gasteiger partial charge is 0.101 e. The summed E-state index contributed by atoms with van der Waals surface area (Å²) in [5.41, 5.74) is 0. The Kier molecular flexibility index (Phi) is 20.3. The summed E-state index contributed by atoms with van der Waals surface area (Å²) in [5.74, 6) is 0. The Balaban J connectivity index is 2.07. The number of hydrogen-bond acceptors (Lipinski definition) is 2. The van der Waals surface area contributed by atoms with E-state index in [4.69, 9.17) is 0 Å². The molecule has 2 nitrogen and oxygen atoms in total. The maximum atomic E-state index is 2.66. The highest BCUT2D eigenvalue weighted by Crippen LogP contribution is 2.23. The second-order valence-corrected chi connectivity index (χ2v) is 10.4. The third-order valence-corrected chi connectivity index (χ3v) is 7.28. The van der Waals surface area contributed by atoms with E-state index >= 15 is 0 Å². The summed E-state index contributed by atoms with van der Waals surface area (Å²) in [4.78, 5) is 5.27. The van der Waals surface area contributed by atoms with Crippen LogP contribution in [0.5, 0.6) is 0 Å². The Bertz CT molecular complexity index is 406. The first-order chi connectivity index (χ1) is 15.8. The van der Waals surface area contributed by atoms with Crippen molar-refractivity contribution in [3.63, 3.8) is 0 Å². The van der Waals surface area contributed by atoms with Gasteiger partial charge in [0.15, 0.2) is 0 Å². The van der Waals surface area contributed by atoms with Gasteiger partial charge in [0.25, 0.3) is 0 Å². The number of unbranched alkanes of at least 4 members (excludes halogenated alkanes) is 18. The highest BCUT2D eigenvalue weighted by molar-refractivity contribution is 4.96. The van der Waals surface area contributed by atoms with E-state index in [1.54, 1.807) is 0 Å². The molecule has 0 saturated heterocycles. The maximum absolute atomic E-state index is 2.66. The summed E-state index contributed by atoms with van der Waals surface area (Å²) in [6.07, 6.45) is 36.7. The molecule has 1 rings (SSSR count). The van der Waals surface area contributed by atoms with Gasteiger partial charge in [0.2, 0.25) is 0 Å². The Morgan fingerprint density at radius 3 is 1.22 bits per heavy atom. The SMILES string of the molecule is CCCCCCCCCCCCCCC1N(CCC)C=CN1CCCCCCCCCC. The first-order valence-corrected chi connectivity index (χ1v) is 15.0. The fraction of sp³-hybridized carbons (Fsp3) is 0.933. The molecule has 1 atom stereocenters. The van der Waals surface area contributed by atoms with Crippen LogP contribution in [0.15, 0.2) is 12.4 Å². The lowest BCUT2D eigenvalue weighted by Gasteiger charge is -2.33. The van der Waals surface area contributed by atoms with Gasteiger partial charge in [-0.1, -0.05) is 136 Å². The van der Waals surface area contributed by atoms with Crippen molar-refractivity contribution < 1.29 is 0 Å². The van der Waals surface area contributed by atoms with Crippen LogP contribution in [0, 0.1) is 0 Å². The van der Waals surface area contributed by atoms with Gasteiger partial charge in [0.1, 0.15) is 6.17 Å². The molecule has 0 spiro atoms. The largest absolute Gasteiger partial charge is 0.356 e. The normalized spacial score (nSPS) is 15.9. The number of nitrogens with zero attached hydrogens (tertiary/aromatic N) is 2. The minimum absolute atomic E-state index is 0.641. The van der Waals surface area contributed by atoms with Gasteiger partial charge in [-0.05, 0) is 25.7 Å². The Hall–Kier alpha value is -0.660. The van der Waals surface area contributed by atoms with Gasteiger partial charge in [0, 0.05) is 25.5 Å². The minimum Gasteiger partial charge on any atom is -0.356 e. The maximum Gasteiger partial charge on any atom is 0.101 e. The van der Waals surface area contributed by atoms with Crippen molar-refractivity contribution in [2.75, 3.05) is 13.1 Å². The van der Waals surface area contributed by atoms with E-state index in [9.17, 15) is 0 Å². The quantitative estimate of drug-likeness (QED) is 0.135. The molecule has 0 aliphatic carbocycles. The fourth-order valence-electron chi connectivity index (χ4n) is 5.19. The third kappa shape index (κ3) is 15.2. The van der Waals surface area contributed by atoms with Crippen LogP contribution in [0.2, 0.25) is 0 Å². The van der Waals surface area contributed by atoms with Gasteiger partial charge in [-0.2, -0.15) is 0 Å². The van der Waals surface area contributed by atoms with Crippen molar-refractivity contribution >= 4 is 0 Å². The summed E-state index contributed by atoms with van der Waals surface area (Å²) in [5, 5.41) is 0. The van der Waals surface area contributed by atoms with E-state index in [0.29, 0.717) is 6.17 Å². The molecule has 1 aliphatic heterocycles. The molecule has 1 unspecified atom stereocenters. The van der Waals surface area contributed by atoms with Gasteiger partial charge in [-0.3, -0.25) is 0 Å². The van der Waals surface area contributed by atoms with Crippen LogP contribution < -0.4 is 0 Å². The Morgan fingerprint density at radius 1 is 0.406 bits per heavy atom. The second kappa shape index (κ2) is 22.1. The van der Waals surface area contributed by atoms with E-state index in [0.717, 1.165) is 0 Å². The predicted octanol–water partition coefficient (Wildman–Crippen LogP) is 10.0. The summed E-state index contributed by atoms with van der Waals surface area (Å²) >= 11 is 0. The Morgan fingerprint density at radius 2 is 0.781 bits per heavy atom. The van der Waals surface area contributed by atoms with E-state index in [2.05, 4.69) is 43.0 Å². The lowest BCUT2D eigenvalue weighted by molar-refractivity contribution is 0.137. The molecule has 32 heavy (non-hydrogen) atoms. The van der Waals surface area contributed by atoms with E-state index in [-0.39, 0.29) is 0 Å². The zero-order valence-corrected chi connectivity index (χ0v) is 22.6. The summed E-state index contributed by atoms with van der Waals surface area (Å²) < 4.78 is 0. The molecule has 0 radical (unpaired) electrons. The molecule has 1 aliphatic rings. The van der Waals surface area contributed by atoms with Crippen LogP contribution in [-0.4, -0.2) is 29.1 Å². The molecule has 0 amide bonds. The number of hydrogen-bond donors (Lipinski definition) is 0. The van der Waals surface area contributed by atoms with Crippen molar-refractivity contribution in [3.05, 3.63) is 12.4 Å². The van der Waals surface area contributed by atoms with Gasteiger partial charge >= 0.3 is 0 Å². The summed E-state index contributed by atoms with van der Waals surface area (Å²) in [7, 11) is 0. The van der Waals surface area contributed by atoms with Crippen LogP contribution in [0.3, 0.4) is 0 Å². The first kappa shape index (κ1) is 29.4. The predicted molar refractivity (Wildman–Crippen MR) is 145 cm³/mol. The van der Waals surface area contributed by atoms with Crippen molar-refractivity contribution in [3.8, 4) is 0 Å². The lowest BCUT2D eigenvalue weighted by atomic mass is 10.0. The lowest BCUT2D eigenvalue weighted by Crippen LogP contribution is -2.39. The molecule has 0 saturated carbocycles. The highest BCUT2D eigenvalue weighted by atomic mass is 15.4. The summed E-state index contributed by atoms with van der Waals surface area (Å²) in [6, 6.07) is 0. The van der Waals surface area contributed by atoms with Crippen LogP contribution in [-0.2, 0) is 0 Å². The molecule has 190 valence electrons. The molecular formula is C30H60N2. The molecule has 0 fully saturated rings. The standard InChI is InChI=1S/C30H60N2/c1-4-7-9-11-13-15-16-17-18-19-21-23-25-30-31(26-6-3)28-29-32(30)27-24-22-20-14-12-10-8-5-2/h28-30H,4-27H2,1-3H3. The van der Waals surface area contributed by atoms with E-state index in [1.807, 2.05) is 0 Å². The minimum atomic E-state index is 0.641. The van der Waals surface area contributed by atoms with Crippen molar-refractivity contribution in [1.29, 1.82) is 0 Å². The van der Waals surface area contributed by atoms with Crippen molar-refractivity contribution in [2.24, 2.45) is 0 Å². The van der Waals surface area contributed by atoms with E-state index in [1.165, 1.54) is 154 Å². The number of rotatable bonds is 24. The monoisotopic (exact) mass is 448 g/mol. The molecule has 2 heteroatoms. The Labute approximate surface area is 203 Å². The fourth-order valence-corrected chi connectivity index (χ4v) is 5.19. The summed E-state index contributed by atoms with van der Waals surface area (Å²) in [6.45, 7) is 9.40. The van der Waals surface area contributed by atoms with Gasteiger partial charge in [-0.15, -0.1) is 0 Å². The molecule has 0 aromatic heterocycles. The van der Waals surface area contributed by atoms with Crippen LogP contribution >= 0.6 is 0 Å². The van der Waals surface area contributed by atoms with Gasteiger partial charge < -0.3 is 9.80 Å². The second-order valence-electron chi connectivity index (χ2n) is 10.4. The van der Waals surface area contributed by atoms with Gasteiger partial charge in [-0.25, -0.2) is 0 Å². The molecule has 0 aromatic rings. The highest BCUT2D eigenvalue weighted by Gasteiger charge is 2.24. The molecule has 0 N–H and O–H groups in total. The van der Waals surface area contributed by atoms with Crippen LogP contribution in [0.25, 0.3) is 0 Å². The first-order valence-electron chi connectivity index (χ1n) is 15.0. The molecule has 0 bridgehead atoms. The average Bonchev–Trinajstić information content (AvgIpc) is 3.18. The van der Waals surface area contributed by atoms with Gasteiger partial charge in [0.05, 0.1) is 0 Å². The zero-order chi connectivity index (χ0) is 23.1. The van der Waals surface area contributed by atoms with Crippen LogP contribution in [0.1, 0.15) is 162 Å². The van der Waals surface area contributed by atoms with E-state index < -0.39 is 0 Å². The molecular weight excluding hydrogens is 388 g/mol. The van der Waals surface area contributed by atoms with Crippen molar-refractivity contribution in [1.82, 2.24) is 9.80 Å². The zero-order valence-electron chi connectivity index (χ0n) is 22.6. The average molecular weight is 449 g/mol.